The fourth-order valence-electron chi connectivity index (χ4n) is 5.82. The van der Waals surface area contributed by atoms with E-state index < -0.39 is 0 Å². The SMILES string of the molecule is CC(C)CC1C2CC3CC1CC(C2)N3C(=O)Cc1ccccc1. The van der Waals surface area contributed by atoms with Gasteiger partial charge in [-0.1, -0.05) is 44.2 Å². The maximum atomic E-state index is 12.9. The lowest BCUT2D eigenvalue weighted by molar-refractivity contribution is -0.154. The first-order valence-electron chi connectivity index (χ1n) is 9.47. The van der Waals surface area contributed by atoms with Crippen LogP contribution in [0.2, 0.25) is 0 Å². The second kappa shape index (κ2) is 5.96. The number of benzene rings is 1. The van der Waals surface area contributed by atoms with E-state index >= 15 is 0 Å². The van der Waals surface area contributed by atoms with Crippen molar-refractivity contribution in [3.05, 3.63) is 35.9 Å². The van der Waals surface area contributed by atoms with Crippen LogP contribution in [0.4, 0.5) is 0 Å². The highest BCUT2D eigenvalue weighted by Crippen LogP contribution is 2.54. The zero-order valence-corrected chi connectivity index (χ0v) is 14.4. The van der Waals surface area contributed by atoms with Crippen LogP contribution in [0, 0.1) is 23.7 Å². The lowest BCUT2D eigenvalue weighted by Gasteiger charge is -2.60. The number of carbonyl (C=O) groups excluding carboxylic acids is 1. The zero-order valence-electron chi connectivity index (χ0n) is 14.4. The summed E-state index contributed by atoms with van der Waals surface area (Å²) >= 11 is 0. The summed E-state index contributed by atoms with van der Waals surface area (Å²) < 4.78 is 0. The van der Waals surface area contributed by atoms with Crippen LogP contribution in [-0.2, 0) is 11.2 Å². The van der Waals surface area contributed by atoms with E-state index in [0.717, 1.165) is 29.2 Å². The molecule has 0 aromatic heterocycles. The quantitative estimate of drug-likeness (QED) is 0.812. The Morgan fingerprint density at radius 2 is 1.61 bits per heavy atom. The van der Waals surface area contributed by atoms with Crippen LogP contribution in [0.5, 0.6) is 0 Å². The fourth-order valence-corrected chi connectivity index (χ4v) is 5.82. The Hall–Kier alpha value is -1.31. The molecule has 4 bridgehead atoms. The van der Waals surface area contributed by atoms with E-state index in [4.69, 9.17) is 0 Å². The van der Waals surface area contributed by atoms with Crippen LogP contribution in [0.25, 0.3) is 0 Å². The number of piperidine rings is 2. The maximum absolute atomic E-state index is 12.9. The first-order valence-corrected chi connectivity index (χ1v) is 9.47. The molecule has 1 amide bonds. The lowest BCUT2D eigenvalue weighted by Crippen LogP contribution is -2.62. The van der Waals surface area contributed by atoms with Gasteiger partial charge in [-0.25, -0.2) is 0 Å². The van der Waals surface area contributed by atoms with Crippen LogP contribution in [0.15, 0.2) is 30.3 Å². The highest BCUT2D eigenvalue weighted by molar-refractivity contribution is 5.79. The summed E-state index contributed by atoms with van der Waals surface area (Å²) in [6, 6.07) is 11.3. The van der Waals surface area contributed by atoms with Crippen LogP contribution in [0.1, 0.15) is 51.5 Å². The topological polar surface area (TPSA) is 20.3 Å². The summed E-state index contributed by atoms with van der Waals surface area (Å²) in [5.41, 5.74) is 1.16. The van der Waals surface area contributed by atoms with Crippen LogP contribution in [0.3, 0.4) is 0 Å². The molecule has 2 heterocycles. The summed E-state index contributed by atoms with van der Waals surface area (Å²) in [5.74, 6) is 3.90. The molecular formula is C21H29NO. The number of nitrogens with zero attached hydrogens (tertiary/aromatic N) is 1. The molecule has 4 fully saturated rings. The van der Waals surface area contributed by atoms with Crippen molar-refractivity contribution in [2.75, 3.05) is 0 Å². The number of carbonyl (C=O) groups is 1. The molecule has 2 saturated carbocycles. The largest absolute Gasteiger partial charge is 0.336 e. The van der Waals surface area contributed by atoms with Gasteiger partial charge < -0.3 is 4.90 Å². The Kier molecular flexibility index (Phi) is 3.95. The van der Waals surface area contributed by atoms with Gasteiger partial charge in [0.15, 0.2) is 0 Å². The molecule has 2 nitrogen and oxygen atoms in total. The molecule has 2 aliphatic carbocycles. The van der Waals surface area contributed by atoms with Crippen molar-refractivity contribution in [3.8, 4) is 0 Å². The zero-order chi connectivity index (χ0) is 16.0. The van der Waals surface area contributed by atoms with E-state index in [2.05, 4.69) is 30.9 Å². The molecule has 0 radical (unpaired) electrons. The average Bonchev–Trinajstić information content (AvgIpc) is 2.50. The monoisotopic (exact) mass is 311 g/mol. The van der Waals surface area contributed by atoms with Gasteiger partial charge in [0.25, 0.3) is 0 Å². The smallest absolute Gasteiger partial charge is 0.227 e. The Bertz CT molecular complexity index is 534. The van der Waals surface area contributed by atoms with Crippen molar-refractivity contribution >= 4 is 5.91 Å². The molecule has 0 unspecified atom stereocenters. The molecule has 23 heavy (non-hydrogen) atoms. The van der Waals surface area contributed by atoms with Gasteiger partial charge in [-0.15, -0.1) is 0 Å². The molecule has 2 heteroatoms. The van der Waals surface area contributed by atoms with Gasteiger partial charge in [0.05, 0.1) is 6.42 Å². The normalized spacial score (nSPS) is 35.1. The minimum Gasteiger partial charge on any atom is -0.336 e. The predicted octanol–water partition coefficient (Wildman–Crippen LogP) is 4.29. The number of hydrogen-bond acceptors (Lipinski definition) is 1. The molecule has 5 rings (SSSR count). The summed E-state index contributed by atoms with van der Waals surface area (Å²) in [7, 11) is 0. The minimum absolute atomic E-state index is 0.366. The Morgan fingerprint density at radius 3 is 2.13 bits per heavy atom. The van der Waals surface area contributed by atoms with Gasteiger partial charge in [-0.3, -0.25) is 4.79 Å². The van der Waals surface area contributed by atoms with E-state index in [0.29, 0.717) is 24.4 Å². The van der Waals surface area contributed by atoms with Gasteiger partial charge in [0.1, 0.15) is 0 Å². The highest BCUT2D eigenvalue weighted by atomic mass is 16.2. The van der Waals surface area contributed by atoms with Crippen LogP contribution < -0.4 is 0 Å². The number of rotatable bonds is 4. The summed E-state index contributed by atoms with van der Waals surface area (Å²) in [6.07, 6.45) is 7.05. The molecule has 0 atom stereocenters. The molecular weight excluding hydrogens is 282 g/mol. The van der Waals surface area contributed by atoms with Crippen molar-refractivity contribution in [2.24, 2.45) is 23.7 Å². The second-order valence-electron chi connectivity index (χ2n) is 8.53. The summed E-state index contributed by atoms with van der Waals surface area (Å²) in [4.78, 5) is 15.2. The molecule has 1 aromatic carbocycles. The number of hydrogen-bond donors (Lipinski definition) is 0. The van der Waals surface area contributed by atoms with Crippen molar-refractivity contribution in [2.45, 2.75) is 64.5 Å². The third kappa shape index (κ3) is 2.81. The Balaban J connectivity index is 1.45. The van der Waals surface area contributed by atoms with E-state index in [1.807, 2.05) is 18.2 Å². The second-order valence-corrected chi connectivity index (χ2v) is 8.53. The first-order chi connectivity index (χ1) is 11.1. The highest BCUT2D eigenvalue weighted by Gasteiger charge is 2.52. The van der Waals surface area contributed by atoms with Crippen molar-refractivity contribution in [1.29, 1.82) is 0 Å². The third-order valence-corrected chi connectivity index (χ3v) is 6.53. The van der Waals surface area contributed by atoms with E-state index in [-0.39, 0.29) is 0 Å². The van der Waals surface area contributed by atoms with Gasteiger partial charge in [0, 0.05) is 12.1 Å². The molecule has 1 aromatic rings. The number of amides is 1. The summed E-state index contributed by atoms with van der Waals surface area (Å²) in [5, 5.41) is 0. The van der Waals surface area contributed by atoms with E-state index in [1.165, 1.54) is 32.1 Å². The molecule has 2 aliphatic heterocycles. The average molecular weight is 311 g/mol. The van der Waals surface area contributed by atoms with Gasteiger partial charge in [-0.2, -0.15) is 0 Å². The van der Waals surface area contributed by atoms with Crippen molar-refractivity contribution in [1.82, 2.24) is 4.90 Å². The molecule has 0 N–H and O–H groups in total. The van der Waals surface area contributed by atoms with E-state index in [9.17, 15) is 4.79 Å². The molecule has 2 saturated heterocycles. The summed E-state index contributed by atoms with van der Waals surface area (Å²) in [6.45, 7) is 4.72. The first kappa shape index (κ1) is 15.2. The predicted molar refractivity (Wildman–Crippen MR) is 93.0 cm³/mol. The van der Waals surface area contributed by atoms with E-state index in [1.54, 1.807) is 0 Å². The Labute approximate surface area is 140 Å². The molecule has 124 valence electrons. The van der Waals surface area contributed by atoms with Gasteiger partial charge in [0.2, 0.25) is 5.91 Å². The van der Waals surface area contributed by atoms with Gasteiger partial charge in [-0.05, 0) is 61.3 Å². The Morgan fingerprint density at radius 1 is 1.04 bits per heavy atom. The van der Waals surface area contributed by atoms with Gasteiger partial charge >= 0.3 is 0 Å². The fraction of sp³-hybridized carbons (Fsp3) is 0.667. The van der Waals surface area contributed by atoms with Crippen molar-refractivity contribution < 1.29 is 4.79 Å². The van der Waals surface area contributed by atoms with Crippen molar-refractivity contribution in [3.63, 3.8) is 0 Å². The molecule has 4 aliphatic rings. The standard InChI is InChI=1S/C21H29NO/c1-14(2)8-20-16-10-18-12-17(20)13-19(11-16)22(18)21(23)9-15-6-4-3-5-7-15/h3-7,14,16-20H,8-13H2,1-2H3. The van der Waals surface area contributed by atoms with Crippen LogP contribution >= 0.6 is 0 Å². The third-order valence-electron chi connectivity index (χ3n) is 6.53. The lowest BCUT2D eigenvalue weighted by atomic mass is 9.56. The molecule has 0 spiro atoms. The minimum atomic E-state index is 0.366. The van der Waals surface area contributed by atoms with Crippen LogP contribution in [-0.4, -0.2) is 22.9 Å². The maximum Gasteiger partial charge on any atom is 0.227 e.